The van der Waals surface area contributed by atoms with E-state index in [2.05, 4.69) is 25.9 Å². The standard InChI is InChI=1S/C25H41NO4/c1-24(2,3)15-16-12-19(13-16)23-21(17-9-10-17)22(26-30-23)18(8-7-11-27)14-20(28)29-25(4,5)6/h16-19,27H,7-15H2,1-6H3. The Bertz CT molecular complexity index is 714. The van der Waals surface area contributed by atoms with Crippen molar-refractivity contribution in [2.24, 2.45) is 11.3 Å². The molecule has 1 atom stereocenters. The maximum atomic E-state index is 12.5. The van der Waals surface area contributed by atoms with Crippen LogP contribution in [0.4, 0.5) is 0 Å². The van der Waals surface area contributed by atoms with Crippen molar-refractivity contribution in [3.8, 4) is 0 Å². The lowest BCUT2D eigenvalue weighted by atomic mass is 9.66. The predicted molar refractivity (Wildman–Crippen MR) is 118 cm³/mol. The maximum Gasteiger partial charge on any atom is 0.306 e. The van der Waals surface area contributed by atoms with Gasteiger partial charge in [0.2, 0.25) is 0 Å². The fourth-order valence-electron chi connectivity index (χ4n) is 4.93. The van der Waals surface area contributed by atoms with E-state index in [1.165, 1.54) is 37.7 Å². The summed E-state index contributed by atoms with van der Waals surface area (Å²) < 4.78 is 11.5. The number of carbonyl (C=O) groups is 1. The minimum Gasteiger partial charge on any atom is -0.460 e. The fraction of sp³-hybridized carbons (Fsp3) is 0.840. The molecule has 0 amide bonds. The zero-order valence-electron chi connectivity index (χ0n) is 19.8. The number of aromatic nitrogens is 1. The van der Waals surface area contributed by atoms with E-state index in [9.17, 15) is 9.90 Å². The molecule has 3 rings (SSSR count). The molecular formula is C25H41NO4. The van der Waals surface area contributed by atoms with E-state index in [0.717, 1.165) is 23.8 Å². The molecule has 5 nitrogen and oxygen atoms in total. The molecule has 1 aromatic rings. The summed E-state index contributed by atoms with van der Waals surface area (Å²) in [6, 6.07) is 0. The van der Waals surface area contributed by atoms with Gasteiger partial charge >= 0.3 is 5.97 Å². The van der Waals surface area contributed by atoms with E-state index in [0.29, 0.717) is 30.1 Å². The van der Waals surface area contributed by atoms with Crippen LogP contribution >= 0.6 is 0 Å². The third-order valence-electron chi connectivity index (χ3n) is 6.21. The Hall–Kier alpha value is -1.36. The summed E-state index contributed by atoms with van der Waals surface area (Å²) in [7, 11) is 0. The normalized spacial score (nSPS) is 23.2. The van der Waals surface area contributed by atoms with Crippen LogP contribution in [0.5, 0.6) is 0 Å². The highest BCUT2D eigenvalue weighted by molar-refractivity contribution is 5.71. The zero-order chi connectivity index (χ0) is 22.1. The summed E-state index contributed by atoms with van der Waals surface area (Å²) in [6.07, 6.45) is 7.63. The number of esters is 1. The van der Waals surface area contributed by atoms with Crippen LogP contribution in [-0.2, 0) is 9.53 Å². The molecule has 30 heavy (non-hydrogen) atoms. The first kappa shape index (κ1) is 23.3. The van der Waals surface area contributed by atoms with Gasteiger partial charge in [-0.2, -0.15) is 0 Å². The number of ether oxygens (including phenoxy) is 1. The number of hydrogen-bond acceptors (Lipinski definition) is 5. The molecule has 1 unspecified atom stereocenters. The first-order chi connectivity index (χ1) is 14.0. The second-order valence-corrected chi connectivity index (χ2v) is 11.8. The Morgan fingerprint density at radius 1 is 1.17 bits per heavy atom. The largest absolute Gasteiger partial charge is 0.460 e. The molecule has 2 saturated carbocycles. The third-order valence-corrected chi connectivity index (χ3v) is 6.21. The molecule has 0 radical (unpaired) electrons. The van der Waals surface area contributed by atoms with E-state index < -0.39 is 5.60 Å². The van der Waals surface area contributed by atoms with Crippen molar-refractivity contribution < 1.29 is 19.2 Å². The van der Waals surface area contributed by atoms with Gasteiger partial charge in [-0.1, -0.05) is 25.9 Å². The molecule has 1 aromatic heterocycles. The van der Waals surface area contributed by atoms with Crippen molar-refractivity contribution in [3.05, 3.63) is 17.0 Å². The highest BCUT2D eigenvalue weighted by atomic mass is 16.6. The van der Waals surface area contributed by atoms with Crippen LogP contribution in [0.3, 0.4) is 0 Å². The number of hydrogen-bond donors (Lipinski definition) is 1. The SMILES string of the molecule is CC(C)(C)CC1CC(c2onc(C(CCCO)CC(=O)OC(C)(C)C)c2C2CC2)C1. The van der Waals surface area contributed by atoms with Crippen LogP contribution in [0.15, 0.2) is 4.52 Å². The first-order valence-corrected chi connectivity index (χ1v) is 11.8. The Morgan fingerprint density at radius 3 is 2.37 bits per heavy atom. The molecule has 1 N–H and O–H groups in total. The molecule has 5 heteroatoms. The minimum absolute atomic E-state index is 0.0504. The lowest BCUT2D eigenvalue weighted by molar-refractivity contribution is -0.155. The van der Waals surface area contributed by atoms with Crippen molar-refractivity contribution >= 4 is 5.97 Å². The van der Waals surface area contributed by atoms with E-state index in [4.69, 9.17) is 9.26 Å². The van der Waals surface area contributed by atoms with Gasteiger partial charge in [0, 0.05) is 24.0 Å². The first-order valence-electron chi connectivity index (χ1n) is 11.8. The van der Waals surface area contributed by atoms with Crippen molar-refractivity contribution in [1.82, 2.24) is 5.16 Å². The molecule has 0 saturated heterocycles. The monoisotopic (exact) mass is 419 g/mol. The summed E-state index contributed by atoms with van der Waals surface area (Å²) in [6.45, 7) is 12.7. The molecule has 0 bridgehead atoms. The second kappa shape index (κ2) is 9.02. The van der Waals surface area contributed by atoms with E-state index >= 15 is 0 Å². The highest BCUT2D eigenvalue weighted by Gasteiger charge is 2.42. The van der Waals surface area contributed by atoms with Gasteiger partial charge in [0.15, 0.2) is 0 Å². The van der Waals surface area contributed by atoms with E-state index in [1.807, 2.05) is 20.8 Å². The summed E-state index contributed by atoms with van der Waals surface area (Å²) in [5, 5.41) is 13.9. The van der Waals surface area contributed by atoms with Crippen molar-refractivity contribution in [2.45, 2.75) is 116 Å². The highest BCUT2D eigenvalue weighted by Crippen LogP contribution is 2.53. The number of carbonyl (C=O) groups excluding carboxylic acids is 1. The average molecular weight is 420 g/mol. The predicted octanol–water partition coefficient (Wildman–Crippen LogP) is 6.07. The van der Waals surface area contributed by atoms with Crippen molar-refractivity contribution in [1.29, 1.82) is 0 Å². The topological polar surface area (TPSA) is 72.6 Å². The van der Waals surface area contributed by atoms with Crippen LogP contribution in [-0.4, -0.2) is 28.4 Å². The van der Waals surface area contributed by atoms with Gasteiger partial charge in [-0.05, 0) is 83.0 Å². The zero-order valence-corrected chi connectivity index (χ0v) is 19.8. The van der Waals surface area contributed by atoms with Crippen LogP contribution in [0.25, 0.3) is 0 Å². The molecule has 1 heterocycles. The third kappa shape index (κ3) is 6.32. The lowest BCUT2D eigenvalue weighted by Crippen LogP contribution is -2.26. The van der Waals surface area contributed by atoms with Crippen molar-refractivity contribution in [2.75, 3.05) is 6.61 Å². The number of aliphatic hydroxyl groups excluding tert-OH is 1. The molecule has 170 valence electrons. The molecule has 0 spiro atoms. The number of aliphatic hydroxyl groups is 1. The summed E-state index contributed by atoms with van der Waals surface area (Å²) in [5.41, 5.74) is 2.09. The van der Waals surface area contributed by atoms with Crippen LogP contribution < -0.4 is 0 Å². The summed E-state index contributed by atoms with van der Waals surface area (Å²) >= 11 is 0. The fourth-order valence-corrected chi connectivity index (χ4v) is 4.93. The molecule has 0 aliphatic heterocycles. The minimum atomic E-state index is -0.499. The van der Waals surface area contributed by atoms with Gasteiger partial charge < -0.3 is 14.4 Å². The van der Waals surface area contributed by atoms with Gasteiger partial charge in [-0.3, -0.25) is 4.79 Å². The quantitative estimate of drug-likeness (QED) is 0.492. The van der Waals surface area contributed by atoms with Gasteiger partial charge in [-0.25, -0.2) is 0 Å². The Balaban J connectivity index is 1.75. The molecule has 0 aromatic carbocycles. The van der Waals surface area contributed by atoms with Crippen LogP contribution in [0, 0.1) is 11.3 Å². The number of nitrogens with zero attached hydrogens (tertiary/aromatic N) is 1. The lowest BCUT2D eigenvalue weighted by Gasteiger charge is -2.38. The van der Waals surface area contributed by atoms with E-state index in [1.54, 1.807) is 0 Å². The molecular weight excluding hydrogens is 378 g/mol. The molecule has 2 fully saturated rings. The van der Waals surface area contributed by atoms with Gasteiger partial charge in [-0.15, -0.1) is 0 Å². The molecule has 2 aliphatic carbocycles. The number of rotatable bonds is 9. The summed E-state index contributed by atoms with van der Waals surface area (Å²) in [4.78, 5) is 12.5. The Labute approximate surface area is 181 Å². The average Bonchev–Trinajstić information content (AvgIpc) is 3.31. The van der Waals surface area contributed by atoms with Crippen LogP contribution in [0.2, 0.25) is 0 Å². The Kier molecular flexibility index (Phi) is 7.01. The van der Waals surface area contributed by atoms with Gasteiger partial charge in [0.25, 0.3) is 0 Å². The molecule has 2 aliphatic rings. The van der Waals surface area contributed by atoms with Crippen LogP contribution in [0.1, 0.15) is 128 Å². The maximum absolute atomic E-state index is 12.5. The second-order valence-electron chi connectivity index (χ2n) is 11.8. The summed E-state index contributed by atoms with van der Waals surface area (Å²) in [5.74, 6) is 2.59. The Morgan fingerprint density at radius 2 is 1.83 bits per heavy atom. The smallest absolute Gasteiger partial charge is 0.306 e. The van der Waals surface area contributed by atoms with Crippen molar-refractivity contribution in [3.63, 3.8) is 0 Å². The van der Waals surface area contributed by atoms with Gasteiger partial charge in [0.05, 0.1) is 12.1 Å². The van der Waals surface area contributed by atoms with Gasteiger partial charge in [0.1, 0.15) is 11.4 Å². The van der Waals surface area contributed by atoms with E-state index in [-0.39, 0.29) is 18.5 Å².